The van der Waals surface area contributed by atoms with Crippen molar-refractivity contribution in [2.75, 3.05) is 31.6 Å². The number of hydrogen-bond acceptors (Lipinski definition) is 10. The van der Waals surface area contributed by atoms with Gasteiger partial charge in [0.2, 0.25) is 11.8 Å². The van der Waals surface area contributed by atoms with Crippen LogP contribution in [0.5, 0.6) is 0 Å². The number of nitrogens with one attached hydrogen (secondary N) is 3. The third-order valence-corrected chi connectivity index (χ3v) is 7.62. The first kappa shape index (κ1) is 27.0. The van der Waals surface area contributed by atoms with E-state index in [2.05, 4.69) is 53.0 Å². The molecule has 5 heterocycles. The molecule has 1 saturated heterocycles. The second kappa shape index (κ2) is 11.0. The first-order valence-corrected chi connectivity index (χ1v) is 13.9. The number of carbonyl (C=O) groups excluding carboxylic acids is 1. The Bertz CT molecular complexity index is 1530. The smallest absolute Gasteiger partial charge is 0.309 e. The zero-order valence-corrected chi connectivity index (χ0v) is 23.8. The van der Waals surface area contributed by atoms with Crippen molar-refractivity contribution in [2.45, 2.75) is 58.0 Å². The van der Waals surface area contributed by atoms with Gasteiger partial charge in [0, 0.05) is 49.1 Å². The molecule has 2 aliphatic heterocycles. The molecular weight excluding hydrogens is 522 g/mol. The average Bonchev–Trinajstić information content (AvgIpc) is 3.72. The summed E-state index contributed by atoms with van der Waals surface area (Å²) in [7, 11) is 0. The van der Waals surface area contributed by atoms with Crippen LogP contribution in [0.2, 0.25) is 0 Å². The highest BCUT2D eigenvalue weighted by Gasteiger charge is 2.32. The maximum atomic E-state index is 13.3. The predicted molar refractivity (Wildman–Crippen MR) is 152 cm³/mol. The van der Waals surface area contributed by atoms with Gasteiger partial charge >= 0.3 is 11.8 Å². The SMILES string of the molecule is Cc1n[nH]cc1Nc1nccc(-c2ccc3c(c2)CCN(C2CCOC2)CC3NC(=O)c2nnc(C(C)(C)C)o2)n1. The van der Waals surface area contributed by atoms with Crippen LogP contribution in [0.1, 0.15) is 66.6 Å². The van der Waals surface area contributed by atoms with E-state index in [-0.39, 0.29) is 23.3 Å². The zero-order valence-electron chi connectivity index (χ0n) is 23.8. The van der Waals surface area contributed by atoms with Crippen molar-refractivity contribution >= 4 is 17.5 Å². The molecule has 6 rings (SSSR count). The summed E-state index contributed by atoms with van der Waals surface area (Å²) in [5, 5.41) is 21.5. The largest absolute Gasteiger partial charge is 0.416 e. The lowest BCUT2D eigenvalue weighted by Crippen LogP contribution is -2.42. The topological polar surface area (TPSA) is 147 Å². The molecule has 12 nitrogen and oxygen atoms in total. The van der Waals surface area contributed by atoms with E-state index in [1.807, 2.05) is 39.8 Å². The van der Waals surface area contributed by atoms with Crippen molar-refractivity contribution < 1.29 is 13.9 Å². The third-order valence-electron chi connectivity index (χ3n) is 7.62. The Morgan fingerprint density at radius 2 is 2.07 bits per heavy atom. The Kier molecular flexibility index (Phi) is 7.26. The third kappa shape index (κ3) is 5.84. The van der Waals surface area contributed by atoms with E-state index < -0.39 is 0 Å². The van der Waals surface area contributed by atoms with E-state index in [1.165, 1.54) is 0 Å². The summed E-state index contributed by atoms with van der Waals surface area (Å²) in [5.41, 5.74) is 5.34. The highest BCUT2D eigenvalue weighted by atomic mass is 16.5. The zero-order chi connectivity index (χ0) is 28.6. The lowest BCUT2D eigenvalue weighted by molar-refractivity contribution is 0.0873. The number of amides is 1. The minimum atomic E-state index is -0.376. The summed E-state index contributed by atoms with van der Waals surface area (Å²) in [6.45, 7) is 10.8. The van der Waals surface area contributed by atoms with Crippen LogP contribution in [0.4, 0.5) is 11.6 Å². The fourth-order valence-electron chi connectivity index (χ4n) is 5.30. The minimum absolute atomic E-state index is 0.0260. The fourth-order valence-corrected chi connectivity index (χ4v) is 5.30. The number of anilines is 2. The number of fused-ring (bicyclic) bond motifs is 1. The predicted octanol–water partition coefficient (Wildman–Crippen LogP) is 3.72. The van der Waals surface area contributed by atoms with Gasteiger partial charge in [-0.15, -0.1) is 10.2 Å². The molecule has 2 aliphatic rings. The van der Waals surface area contributed by atoms with Gasteiger partial charge < -0.3 is 19.8 Å². The highest BCUT2D eigenvalue weighted by molar-refractivity contribution is 5.89. The van der Waals surface area contributed by atoms with E-state index in [9.17, 15) is 4.79 Å². The second-order valence-electron chi connectivity index (χ2n) is 11.6. The number of ether oxygens (including phenoxy) is 1. The highest BCUT2D eigenvalue weighted by Crippen LogP contribution is 2.31. The lowest BCUT2D eigenvalue weighted by atomic mass is 9.96. The quantitative estimate of drug-likeness (QED) is 0.320. The first-order chi connectivity index (χ1) is 19.7. The summed E-state index contributed by atoms with van der Waals surface area (Å²) in [5.74, 6) is 0.522. The molecule has 3 N–H and O–H groups in total. The molecule has 0 radical (unpaired) electrons. The van der Waals surface area contributed by atoms with Crippen LogP contribution >= 0.6 is 0 Å². The van der Waals surface area contributed by atoms with Crippen molar-refractivity contribution in [1.82, 2.24) is 40.6 Å². The number of hydrogen-bond donors (Lipinski definition) is 3. The number of nitrogens with zero attached hydrogens (tertiary/aromatic N) is 6. The summed E-state index contributed by atoms with van der Waals surface area (Å²) >= 11 is 0. The van der Waals surface area contributed by atoms with E-state index in [1.54, 1.807) is 12.4 Å². The van der Waals surface area contributed by atoms with Gasteiger partial charge in [-0.3, -0.25) is 14.8 Å². The van der Waals surface area contributed by atoms with Crippen molar-refractivity contribution in [1.29, 1.82) is 0 Å². The number of benzene rings is 1. The molecule has 41 heavy (non-hydrogen) atoms. The van der Waals surface area contributed by atoms with Gasteiger partial charge in [-0.2, -0.15) is 5.10 Å². The normalized spacial score (nSPS) is 19.5. The van der Waals surface area contributed by atoms with Crippen LogP contribution in [0.15, 0.2) is 41.1 Å². The Morgan fingerprint density at radius 3 is 2.80 bits per heavy atom. The molecule has 12 heteroatoms. The molecule has 0 saturated carbocycles. The van der Waals surface area contributed by atoms with Gasteiger partial charge in [0.05, 0.1) is 29.7 Å². The Hall–Kier alpha value is -4.16. The Balaban J connectivity index is 1.28. The summed E-state index contributed by atoms with van der Waals surface area (Å²) in [4.78, 5) is 24.9. The molecule has 3 aromatic heterocycles. The van der Waals surface area contributed by atoms with E-state index >= 15 is 0 Å². The number of H-pyrrole nitrogens is 1. The number of aromatic nitrogens is 6. The van der Waals surface area contributed by atoms with E-state index in [0.29, 0.717) is 31.0 Å². The molecule has 0 bridgehead atoms. The summed E-state index contributed by atoms with van der Waals surface area (Å²) < 4.78 is 11.4. The molecule has 214 valence electrons. The summed E-state index contributed by atoms with van der Waals surface area (Å²) in [6.07, 6.45) is 5.34. The monoisotopic (exact) mass is 557 g/mol. The van der Waals surface area contributed by atoms with Crippen molar-refractivity contribution in [3.63, 3.8) is 0 Å². The van der Waals surface area contributed by atoms with Crippen LogP contribution in [0, 0.1) is 6.92 Å². The Labute approximate surface area is 238 Å². The first-order valence-electron chi connectivity index (χ1n) is 13.9. The van der Waals surface area contributed by atoms with E-state index in [4.69, 9.17) is 14.1 Å². The van der Waals surface area contributed by atoms with E-state index in [0.717, 1.165) is 59.8 Å². The molecule has 2 unspecified atom stereocenters. The maximum Gasteiger partial charge on any atom is 0.309 e. The molecule has 1 amide bonds. The number of aromatic amines is 1. The van der Waals surface area contributed by atoms with Gasteiger partial charge in [0.25, 0.3) is 0 Å². The molecule has 1 aromatic carbocycles. The van der Waals surface area contributed by atoms with Gasteiger partial charge in [0.15, 0.2) is 0 Å². The molecule has 0 spiro atoms. The number of carbonyl (C=O) groups is 1. The van der Waals surface area contributed by atoms with Crippen LogP contribution in [-0.2, 0) is 16.6 Å². The van der Waals surface area contributed by atoms with Crippen molar-refractivity contribution in [3.8, 4) is 11.3 Å². The molecule has 2 atom stereocenters. The van der Waals surface area contributed by atoms with Crippen molar-refractivity contribution in [2.24, 2.45) is 0 Å². The van der Waals surface area contributed by atoms with Gasteiger partial charge in [-0.25, -0.2) is 9.97 Å². The Morgan fingerprint density at radius 1 is 1.20 bits per heavy atom. The van der Waals surface area contributed by atoms with Gasteiger partial charge in [0.1, 0.15) is 0 Å². The fraction of sp³-hybridized carbons (Fsp3) is 0.448. The molecule has 4 aromatic rings. The summed E-state index contributed by atoms with van der Waals surface area (Å²) in [6, 6.07) is 8.27. The standard InChI is InChI=1S/C29H35N9O3/c1-17-23(14-31-35-17)34-28-30-10-7-22(33-28)19-5-6-21-18(13-19)8-11-38(20-9-12-40-16-20)15-24(21)32-25(39)26-36-37-27(41-26)29(2,3)4/h5-7,10,13-14,20,24H,8-9,11-12,15-16H2,1-4H3,(H,31,35)(H,32,39)(H,30,33,34). The van der Waals surface area contributed by atoms with Crippen molar-refractivity contribution in [3.05, 3.63) is 65.3 Å². The molecule has 0 aliphatic carbocycles. The van der Waals surface area contributed by atoms with Crippen LogP contribution in [0.3, 0.4) is 0 Å². The molecular formula is C29H35N9O3. The second-order valence-corrected chi connectivity index (χ2v) is 11.6. The number of rotatable bonds is 6. The average molecular weight is 558 g/mol. The number of aryl methyl sites for hydroxylation is 1. The van der Waals surface area contributed by atoms with Crippen LogP contribution in [-0.4, -0.2) is 73.5 Å². The van der Waals surface area contributed by atoms with Gasteiger partial charge in [-0.05, 0) is 43.0 Å². The maximum absolute atomic E-state index is 13.3. The van der Waals surface area contributed by atoms with Gasteiger partial charge in [-0.1, -0.05) is 32.9 Å². The molecule has 1 fully saturated rings. The van der Waals surface area contributed by atoms with Crippen LogP contribution < -0.4 is 10.6 Å². The lowest BCUT2D eigenvalue weighted by Gasteiger charge is -2.29. The van der Waals surface area contributed by atoms with Crippen LogP contribution in [0.25, 0.3) is 11.3 Å². The minimum Gasteiger partial charge on any atom is -0.416 e.